The van der Waals surface area contributed by atoms with Crippen LogP contribution in [0, 0.1) is 0 Å². The van der Waals surface area contributed by atoms with E-state index in [1.807, 2.05) is 12.1 Å². The molecule has 1 aromatic carbocycles. The van der Waals surface area contributed by atoms with Gasteiger partial charge < -0.3 is 30.2 Å². The van der Waals surface area contributed by atoms with Crippen molar-refractivity contribution in [2.75, 3.05) is 5.32 Å². The molecular weight excluding hydrogens is 476 g/mol. The van der Waals surface area contributed by atoms with E-state index in [2.05, 4.69) is 10.6 Å². The molecule has 2 aromatic heterocycles. The van der Waals surface area contributed by atoms with E-state index in [4.69, 9.17) is 11.6 Å². The molecule has 12 heteroatoms. The van der Waals surface area contributed by atoms with Crippen molar-refractivity contribution in [3.05, 3.63) is 68.9 Å². The predicted octanol–water partition coefficient (Wildman–Crippen LogP) is -4.15. The van der Waals surface area contributed by atoms with Crippen LogP contribution >= 0.6 is 22.9 Å². The van der Waals surface area contributed by atoms with Crippen molar-refractivity contribution in [1.82, 2.24) is 9.88 Å². The summed E-state index contributed by atoms with van der Waals surface area (Å²) in [6.07, 6.45) is 0.786. The number of thiophene rings is 1. The Bertz CT molecular complexity index is 1170. The van der Waals surface area contributed by atoms with Crippen molar-refractivity contribution in [1.29, 1.82) is 0 Å². The predicted molar refractivity (Wildman–Crippen MR) is 110 cm³/mol. The van der Waals surface area contributed by atoms with Crippen LogP contribution in [0.15, 0.2) is 53.5 Å². The second-order valence-electron chi connectivity index (χ2n) is 6.43. The Morgan fingerprint density at radius 3 is 2.53 bits per heavy atom. The van der Waals surface area contributed by atoms with Crippen LogP contribution in [-0.2, 0) is 11.8 Å². The number of nitrogens with one attached hydrogen (secondary N) is 2. The Morgan fingerprint density at radius 1 is 1.19 bits per heavy atom. The van der Waals surface area contributed by atoms with Crippen LogP contribution in [0.1, 0.15) is 18.0 Å². The minimum Gasteiger partial charge on any atom is -0.871 e. The average Bonchev–Trinajstić information content (AvgIpc) is 3.14. The Hall–Kier alpha value is -1.30. The van der Waals surface area contributed by atoms with Gasteiger partial charge in [0.05, 0.1) is 10.4 Å². The van der Waals surface area contributed by atoms with Gasteiger partial charge in [-0.05, 0) is 29.3 Å². The van der Waals surface area contributed by atoms with E-state index in [0.717, 1.165) is 21.1 Å². The zero-order valence-corrected chi connectivity index (χ0v) is 23.3. The molecule has 3 rings (SSSR count). The number of aryl methyl sites for hydroxylation is 1. The van der Waals surface area contributed by atoms with Crippen LogP contribution < -0.4 is 85.5 Å². The van der Waals surface area contributed by atoms with Gasteiger partial charge >= 0.3 is 65.1 Å². The van der Waals surface area contributed by atoms with Gasteiger partial charge in [-0.2, -0.15) is 0 Å². The Balaban J connectivity index is 0.00000256. The first kappa shape index (κ1) is 28.7. The van der Waals surface area contributed by atoms with Gasteiger partial charge in [0, 0.05) is 30.5 Å². The fourth-order valence-electron chi connectivity index (χ4n) is 2.83. The van der Waals surface area contributed by atoms with Crippen molar-refractivity contribution in [3.8, 4) is 16.2 Å². The monoisotopic (exact) mass is 491 g/mol. The molecule has 0 spiro atoms. The molecule has 2 N–H and O–H groups in total. The summed E-state index contributed by atoms with van der Waals surface area (Å²) in [5, 5.41) is 27.8. The number of hydrogen-bond donors (Lipinski definition) is 2. The number of anilines is 1. The molecule has 0 aliphatic heterocycles. The molecule has 1 atom stereocenters. The summed E-state index contributed by atoms with van der Waals surface area (Å²) in [6.45, 7) is 0. The van der Waals surface area contributed by atoms with Crippen molar-refractivity contribution in [3.63, 3.8) is 0 Å². The standard InChI is InChI=1S/C20H18ClN3O5S.2Na/c1-24-8-7-14(25)18(19(24)28)23-20(29)22-13(10-17(26)27)11-3-2-4-12(9-11)15-5-6-16(21)30-15;;/h2-9,13,25H,10H2,1H3,(H,26,27)(H2,22,23,29);;/q;2*+1/p-2/t13-;;/m0../s1. The maximum atomic E-state index is 12.4. The second kappa shape index (κ2) is 12.8. The van der Waals surface area contributed by atoms with Gasteiger partial charge in [0.1, 0.15) is 5.69 Å². The number of carbonyl (C=O) groups is 2. The van der Waals surface area contributed by atoms with Crippen LogP contribution in [0.25, 0.3) is 10.4 Å². The molecule has 3 aromatic rings. The number of nitrogens with zero attached hydrogens (tertiary/aromatic N) is 1. The van der Waals surface area contributed by atoms with Crippen molar-refractivity contribution in [2.45, 2.75) is 12.5 Å². The van der Waals surface area contributed by atoms with E-state index in [-0.39, 0.29) is 59.1 Å². The summed E-state index contributed by atoms with van der Waals surface area (Å²) in [5.74, 6) is -2.02. The van der Waals surface area contributed by atoms with Crippen molar-refractivity contribution >= 4 is 40.6 Å². The SMILES string of the molecule is Cn1ccc([O-])c(NC(=O)N[C@@H](CC(=O)[O-])c2cccc(-c3ccc(Cl)s3)c2)c1=O.[Na+].[Na+]. The van der Waals surface area contributed by atoms with E-state index in [9.17, 15) is 24.6 Å². The number of rotatable bonds is 6. The largest absolute Gasteiger partial charge is 1.00 e. The van der Waals surface area contributed by atoms with E-state index in [1.165, 1.54) is 24.6 Å². The molecule has 2 amide bonds. The molecule has 0 unspecified atom stereocenters. The van der Waals surface area contributed by atoms with Gasteiger partial charge in [-0.25, -0.2) is 4.79 Å². The number of pyridine rings is 1. The van der Waals surface area contributed by atoms with Crippen LogP contribution in [0.2, 0.25) is 4.34 Å². The van der Waals surface area contributed by atoms with Crippen LogP contribution in [0.3, 0.4) is 0 Å². The van der Waals surface area contributed by atoms with Crippen LogP contribution in [0.4, 0.5) is 10.5 Å². The first-order valence-electron chi connectivity index (χ1n) is 8.74. The number of carboxylic acids is 1. The third-order valence-corrected chi connectivity index (χ3v) is 5.57. The molecule has 0 saturated heterocycles. The van der Waals surface area contributed by atoms with E-state index < -0.39 is 41.5 Å². The van der Waals surface area contributed by atoms with Crippen molar-refractivity contribution < 1.29 is 78.9 Å². The number of urea groups is 1. The molecule has 2 heterocycles. The molecule has 0 fully saturated rings. The number of carboxylic acid groups (broad SMARTS) is 1. The Morgan fingerprint density at radius 2 is 1.91 bits per heavy atom. The molecule has 0 radical (unpaired) electrons. The molecule has 0 aliphatic rings. The summed E-state index contributed by atoms with van der Waals surface area (Å²) in [7, 11) is 1.44. The molecule has 0 bridgehead atoms. The number of carbonyl (C=O) groups excluding carboxylic acids is 2. The Kier molecular flexibility index (Phi) is 11.5. The smallest absolute Gasteiger partial charge is 0.871 e. The van der Waals surface area contributed by atoms with Gasteiger partial charge in [0.25, 0.3) is 5.56 Å². The minimum atomic E-state index is -1.37. The van der Waals surface area contributed by atoms with E-state index in [1.54, 1.807) is 24.3 Å². The zero-order chi connectivity index (χ0) is 21.8. The van der Waals surface area contributed by atoms with Crippen LogP contribution in [-0.4, -0.2) is 16.6 Å². The van der Waals surface area contributed by atoms with Crippen molar-refractivity contribution in [2.24, 2.45) is 7.05 Å². The fourth-order valence-corrected chi connectivity index (χ4v) is 3.87. The summed E-state index contributed by atoms with van der Waals surface area (Å²) >= 11 is 7.34. The maximum Gasteiger partial charge on any atom is 1.00 e. The normalized spacial score (nSPS) is 10.9. The minimum absolute atomic E-state index is 0. The number of hydrogen-bond acceptors (Lipinski definition) is 6. The number of aromatic nitrogens is 1. The number of amides is 2. The first-order valence-corrected chi connectivity index (χ1v) is 9.93. The van der Waals surface area contributed by atoms with E-state index in [0.29, 0.717) is 9.90 Å². The maximum absolute atomic E-state index is 12.4. The van der Waals surface area contributed by atoms with Gasteiger partial charge in [0.15, 0.2) is 0 Å². The third-order valence-electron chi connectivity index (χ3n) is 4.29. The zero-order valence-electron chi connectivity index (χ0n) is 17.7. The molecule has 8 nitrogen and oxygen atoms in total. The summed E-state index contributed by atoms with van der Waals surface area (Å²) in [4.78, 5) is 36.6. The summed E-state index contributed by atoms with van der Waals surface area (Å²) < 4.78 is 1.75. The first-order chi connectivity index (χ1) is 14.2. The summed E-state index contributed by atoms with van der Waals surface area (Å²) in [6, 6.07) is 9.84. The molecular formula is C20H16ClN3Na2O5S. The molecule has 0 aliphatic carbocycles. The van der Waals surface area contributed by atoms with Gasteiger partial charge in [-0.1, -0.05) is 41.6 Å². The van der Waals surface area contributed by atoms with Gasteiger partial charge in [0.2, 0.25) is 0 Å². The third kappa shape index (κ3) is 7.36. The second-order valence-corrected chi connectivity index (χ2v) is 8.14. The fraction of sp³-hybridized carbons (Fsp3) is 0.150. The topological polar surface area (TPSA) is 126 Å². The molecule has 0 saturated carbocycles. The number of halogens is 1. The molecule has 156 valence electrons. The number of aliphatic carboxylic acids is 1. The number of benzene rings is 1. The Labute approximate surface area is 237 Å². The van der Waals surface area contributed by atoms with Crippen LogP contribution in [0.5, 0.6) is 5.75 Å². The van der Waals surface area contributed by atoms with E-state index >= 15 is 0 Å². The van der Waals surface area contributed by atoms with Gasteiger partial charge in [-0.3, -0.25) is 4.79 Å². The summed E-state index contributed by atoms with van der Waals surface area (Å²) in [5.41, 5.74) is 0.214. The quantitative estimate of drug-likeness (QED) is 0.339. The average molecular weight is 492 g/mol. The van der Waals surface area contributed by atoms with Gasteiger partial charge in [-0.15, -0.1) is 11.3 Å². The molecule has 32 heavy (non-hydrogen) atoms.